The van der Waals surface area contributed by atoms with Crippen LogP contribution in [0, 0.1) is 0 Å². The Balaban J connectivity index is 1.84. The maximum absolute atomic E-state index is 11.0. The van der Waals surface area contributed by atoms with E-state index in [9.17, 15) is 5.11 Å². The van der Waals surface area contributed by atoms with Crippen LogP contribution in [0.4, 0.5) is 0 Å². The van der Waals surface area contributed by atoms with Gasteiger partial charge in [0, 0.05) is 12.2 Å². The normalized spacial score (nSPS) is 21.9. The van der Waals surface area contributed by atoms with Crippen molar-refractivity contribution in [3.63, 3.8) is 0 Å². The summed E-state index contributed by atoms with van der Waals surface area (Å²) in [4.78, 5) is 0. The van der Waals surface area contributed by atoms with Gasteiger partial charge in [0.25, 0.3) is 0 Å². The molecule has 2 aromatic rings. The molecule has 1 fully saturated rings. The molecule has 4 heteroatoms. The summed E-state index contributed by atoms with van der Waals surface area (Å²) in [5.41, 5.74) is 0.942. The van der Waals surface area contributed by atoms with Crippen molar-refractivity contribution in [1.82, 2.24) is 15.1 Å². The van der Waals surface area contributed by atoms with Gasteiger partial charge < -0.3 is 10.4 Å². The minimum absolute atomic E-state index is 0.382. The smallest absolute Gasteiger partial charge is 0.105 e. The predicted molar refractivity (Wildman–Crippen MR) is 83.4 cm³/mol. The number of benzene rings is 1. The summed E-state index contributed by atoms with van der Waals surface area (Å²) in [6, 6.07) is 12.3. The summed E-state index contributed by atoms with van der Waals surface area (Å²) < 4.78 is 1.84. The maximum atomic E-state index is 11.0. The first-order valence-electron chi connectivity index (χ1n) is 7.72. The molecule has 2 N–H and O–H groups in total. The van der Waals surface area contributed by atoms with Gasteiger partial charge in [-0.1, -0.05) is 24.6 Å². The first-order valence-corrected chi connectivity index (χ1v) is 7.72. The standard InChI is InChI=1S/C17H23N3O/c1-17(21,13-14-7-5-6-11-18-14)16-10-12-19-20(16)15-8-3-2-4-9-15/h2-4,8-10,12,14,18,21H,5-7,11,13H2,1H3. The van der Waals surface area contributed by atoms with Crippen LogP contribution in [0.2, 0.25) is 0 Å². The quantitative estimate of drug-likeness (QED) is 0.908. The number of hydrogen-bond donors (Lipinski definition) is 2. The summed E-state index contributed by atoms with van der Waals surface area (Å²) in [5, 5.41) is 18.9. The zero-order valence-corrected chi connectivity index (χ0v) is 12.5. The SMILES string of the molecule is CC(O)(CC1CCCCN1)c1ccnn1-c1ccccc1. The summed E-state index contributed by atoms with van der Waals surface area (Å²) >= 11 is 0. The lowest BCUT2D eigenvalue weighted by Crippen LogP contribution is -2.40. The molecular formula is C17H23N3O. The second kappa shape index (κ2) is 6.00. The maximum Gasteiger partial charge on any atom is 0.105 e. The van der Waals surface area contributed by atoms with Crippen molar-refractivity contribution in [3.05, 3.63) is 48.3 Å². The molecule has 1 aliphatic rings. The van der Waals surface area contributed by atoms with Gasteiger partial charge in [0.2, 0.25) is 0 Å². The van der Waals surface area contributed by atoms with Crippen molar-refractivity contribution in [3.8, 4) is 5.69 Å². The fourth-order valence-corrected chi connectivity index (χ4v) is 3.17. The molecule has 1 aromatic carbocycles. The van der Waals surface area contributed by atoms with E-state index in [2.05, 4.69) is 10.4 Å². The molecule has 21 heavy (non-hydrogen) atoms. The Labute approximate surface area is 125 Å². The van der Waals surface area contributed by atoms with Crippen molar-refractivity contribution in [1.29, 1.82) is 0 Å². The Morgan fingerprint density at radius 1 is 1.29 bits per heavy atom. The van der Waals surface area contributed by atoms with Crippen LogP contribution in [0.15, 0.2) is 42.6 Å². The second-order valence-electron chi connectivity index (χ2n) is 6.09. The Bertz CT molecular complexity index is 571. The van der Waals surface area contributed by atoms with Crippen molar-refractivity contribution in [2.45, 2.75) is 44.2 Å². The molecule has 4 nitrogen and oxygen atoms in total. The van der Waals surface area contributed by atoms with E-state index in [1.54, 1.807) is 6.20 Å². The Hall–Kier alpha value is -1.65. The summed E-state index contributed by atoms with van der Waals surface area (Å²) in [6.45, 7) is 2.94. The molecule has 1 aliphatic heterocycles. The first kappa shape index (κ1) is 14.3. The van der Waals surface area contributed by atoms with Crippen molar-refractivity contribution in [2.24, 2.45) is 0 Å². The van der Waals surface area contributed by atoms with E-state index >= 15 is 0 Å². The van der Waals surface area contributed by atoms with Crippen LogP contribution >= 0.6 is 0 Å². The van der Waals surface area contributed by atoms with Crippen LogP contribution in [0.25, 0.3) is 5.69 Å². The predicted octanol–water partition coefficient (Wildman–Crippen LogP) is 2.61. The van der Waals surface area contributed by atoms with Gasteiger partial charge in [-0.2, -0.15) is 5.10 Å². The van der Waals surface area contributed by atoms with Crippen LogP contribution in [-0.4, -0.2) is 27.5 Å². The minimum Gasteiger partial charge on any atom is -0.384 e. The minimum atomic E-state index is -0.888. The summed E-state index contributed by atoms with van der Waals surface area (Å²) in [6.07, 6.45) is 6.08. The number of aliphatic hydroxyl groups is 1. The molecule has 2 atom stereocenters. The summed E-state index contributed by atoms with van der Waals surface area (Å²) in [7, 11) is 0. The molecule has 0 saturated carbocycles. The third-order valence-electron chi connectivity index (χ3n) is 4.25. The number of rotatable bonds is 4. The van der Waals surface area contributed by atoms with Crippen molar-refractivity contribution >= 4 is 0 Å². The molecule has 0 amide bonds. The molecule has 112 valence electrons. The first-order chi connectivity index (χ1) is 10.2. The molecule has 1 aromatic heterocycles. The van der Waals surface area contributed by atoms with Gasteiger partial charge >= 0.3 is 0 Å². The van der Waals surface area contributed by atoms with Crippen LogP contribution in [-0.2, 0) is 5.60 Å². The van der Waals surface area contributed by atoms with Gasteiger partial charge in [-0.15, -0.1) is 0 Å². The average molecular weight is 285 g/mol. The molecule has 0 spiro atoms. The van der Waals surface area contributed by atoms with E-state index in [0.717, 1.165) is 24.3 Å². The molecule has 0 aliphatic carbocycles. The molecule has 1 saturated heterocycles. The third-order valence-corrected chi connectivity index (χ3v) is 4.25. The van der Waals surface area contributed by atoms with E-state index in [0.29, 0.717) is 12.5 Å². The van der Waals surface area contributed by atoms with Gasteiger partial charge in [0.05, 0.1) is 11.4 Å². The Kier molecular flexibility index (Phi) is 4.08. The third kappa shape index (κ3) is 3.17. The Morgan fingerprint density at radius 3 is 2.81 bits per heavy atom. The number of hydrogen-bond acceptors (Lipinski definition) is 3. The Morgan fingerprint density at radius 2 is 2.10 bits per heavy atom. The molecule has 3 rings (SSSR count). The topological polar surface area (TPSA) is 50.1 Å². The highest BCUT2D eigenvalue weighted by Gasteiger charge is 2.31. The van der Waals surface area contributed by atoms with Crippen LogP contribution < -0.4 is 5.32 Å². The summed E-state index contributed by atoms with van der Waals surface area (Å²) in [5.74, 6) is 0. The van der Waals surface area contributed by atoms with Gasteiger partial charge in [0.15, 0.2) is 0 Å². The van der Waals surface area contributed by atoms with Crippen molar-refractivity contribution < 1.29 is 5.11 Å². The van der Waals surface area contributed by atoms with Gasteiger partial charge in [-0.25, -0.2) is 4.68 Å². The number of aromatic nitrogens is 2. The highest BCUT2D eigenvalue weighted by molar-refractivity contribution is 5.33. The van der Waals surface area contributed by atoms with Crippen molar-refractivity contribution in [2.75, 3.05) is 6.54 Å². The lowest BCUT2D eigenvalue weighted by atomic mass is 9.89. The van der Waals surface area contributed by atoms with E-state index < -0.39 is 5.60 Å². The highest BCUT2D eigenvalue weighted by atomic mass is 16.3. The van der Waals surface area contributed by atoms with Crippen LogP contribution in [0.5, 0.6) is 0 Å². The lowest BCUT2D eigenvalue weighted by Gasteiger charge is -2.32. The van der Waals surface area contributed by atoms with E-state index in [1.165, 1.54) is 12.8 Å². The van der Waals surface area contributed by atoms with Crippen LogP contribution in [0.3, 0.4) is 0 Å². The van der Waals surface area contributed by atoms with Gasteiger partial charge in [-0.05, 0) is 50.9 Å². The van der Waals surface area contributed by atoms with Gasteiger partial charge in [-0.3, -0.25) is 0 Å². The number of piperidine rings is 1. The molecule has 2 unspecified atom stereocenters. The molecular weight excluding hydrogens is 262 g/mol. The molecule has 0 radical (unpaired) electrons. The second-order valence-corrected chi connectivity index (χ2v) is 6.09. The zero-order valence-electron chi connectivity index (χ0n) is 12.5. The number of nitrogens with zero attached hydrogens (tertiary/aromatic N) is 2. The fourth-order valence-electron chi connectivity index (χ4n) is 3.17. The largest absolute Gasteiger partial charge is 0.384 e. The lowest BCUT2D eigenvalue weighted by molar-refractivity contribution is 0.0267. The number of nitrogens with one attached hydrogen (secondary N) is 1. The molecule has 2 heterocycles. The monoisotopic (exact) mass is 285 g/mol. The van der Waals surface area contributed by atoms with E-state index in [-0.39, 0.29) is 0 Å². The van der Waals surface area contributed by atoms with E-state index in [4.69, 9.17) is 0 Å². The average Bonchev–Trinajstić information content (AvgIpc) is 2.99. The van der Waals surface area contributed by atoms with Gasteiger partial charge in [0.1, 0.15) is 5.60 Å². The molecule has 0 bridgehead atoms. The van der Waals surface area contributed by atoms with Crippen LogP contribution in [0.1, 0.15) is 38.3 Å². The zero-order chi connectivity index (χ0) is 14.7. The fraction of sp³-hybridized carbons (Fsp3) is 0.471. The van der Waals surface area contributed by atoms with E-state index in [1.807, 2.05) is 48.0 Å². The number of para-hydroxylation sites is 1. The highest BCUT2D eigenvalue weighted by Crippen LogP contribution is 2.29.